The molecule has 0 aliphatic heterocycles. The number of nitrogens with two attached hydrogens (primary N) is 1. The Bertz CT molecular complexity index is 620. The van der Waals surface area contributed by atoms with Crippen molar-refractivity contribution in [1.29, 1.82) is 0 Å². The van der Waals surface area contributed by atoms with Gasteiger partial charge in [0.25, 0.3) is 0 Å². The van der Waals surface area contributed by atoms with Crippen LogP contribution in [0.2, 0.25) is 0 Å². The van der Waals surface area contributed by atoms with E-state index in [2.05, 4.69) is 26.1 Å². The molecule has 0 amide bonds. The van der Waals surface area contributed by atoms with Crippen LogP contribution in [0.5, 0.6) is 0 Å². The minimum atomic E-state index is -0.981. The van der Waals surface area contributed by atoms with Gasteiger partial charge in [-0.25, -0.2) is 0 Å². The molecule has 6 nitrogen and oxygen atoms in total. The number of halogens is 1. The molecule has 1 unspecified atom stereocenters. The van der Waals surface area contributed by atoms with Crippen molar-refractivity contribution in [1.82, 2.24) is 10.1 Å². The van der Waals surface area contributed by atoms with Crippen LogP contribution in [-0.2, 0) is 10.5 Å². The summed E-state index contributed by atoms with van der Waals surface area (Å²) in [5.74, 6) is 1.23. The molecule has 8 heteroatoms. The van der Waals surface area contributed by atoms with Crippen LogP contribution in [0.3, 0.4) is 0 Å². The van der Waals surface area contributed by atoms with Crippen LogP contribution in [0.1, 0.15) is 12.3 Å². The van der Waals surface area contributed by atoms with Crippen LogP contribution in [-0.4, -0.2) is 33.0 Å². The molecule has 3 N–H and O–H groups in total. The van der Waals surface area contributed by atoms with E-state index in [0.717, 1.165) is 10.0 Å². The zero-order valence-electron chi connectivity index (χ0n) is 11.0. The van der Waals surface area contributed by atoms with Gasteiger partial charge in [0.2, 0.25) is 11.7 Å². The molecule has 1 aromatic carbocycles. The number of carboxylic acid groups (broad SMARTS) is 1. The SMILES string of the molecule is NC(CCSCc1nc(-c2cccc(Br)c2)no1)C(=O)O. The zero-order valence-corrected chi connectivity index (χ0v) is 13.4. The number of thioether (sulfide) groups is 1. The Hall–Kier alpha value is -1.38. The fourth-order valence-corrected chi connectivity index (χ4v) is 2.81. The Labute approximate surface area is 134 Å². The van der Waals surface area contributed by atoms with Gasteiger partial charge >= 0.3 is 5.97 Å². The number of hydrogen-bond donors (Lipinski definition) is 2. The lowest BCUT2D eigenvalue weighted by Gasteiger charge is -2.03. The van der Waals surface area contributed by atoms with Crippen LogP contribution >= 0.6 is 27.7 Å². The normalized spacial score (nSPS) is 12.3. The molecule has 112 valence electrons. The van der Waals surface area contributed by atoms with Gasteiger partial charge in [-0.05, 0) is 24.3 Å². The summed E-state index contributed by atoms with van der Waals surface area (Å²) in [6.07, 6.45) is 0.409. The summed E-state index contributed by atoms with van der Waals surface area (Å²) >= 11 is 4.91. The van der Waals surface area contributed by atoms with E-state index in [0.29, 0.717) is 29.6 Å². The van der Waals surface area contributed by atoms with Gasteiger partial charge in [-0.1, -0.05) is 33.2 Å². The summed E-state index contributed by atoms with van der Waals surface area (Å²) < 4.78 is 6.12. The Morgan fingerprint density at radius 1 is 1.52 bits per heavy atom. The van der Waals surface area contributed by atoms with Gasteiger partial charge in [-0.2, -0.15) is 16.7 Å². The second kappa shape index (κ2) is 7.58. The van der Waals surface area contributed by atoms with Crippen LogP contribution in [0.4, 0.5) is 0 Å². The average Bonchev–Trinajstić information content (AvgIpc) is 2.92. The topological polar surface area (TPSA) is 102 Å². The fraction of sp³-hybridized carbons (Fsp3) is 0.308. The largest absolute Gasteiger partial charge is 0.480 e. The van der Waals surface area contributed by atoms with Crippen molar-refractivity contribution in [2.45, 2.75) is 18.2 Å². The molecule has 0 saturated carbocycles. The monoisotopic (exact) mass is 371 g/mol. The summed E-state index contributed by atoms with van der Waals surface area (Å²) in [5, 5.41) is 12.6. The fourth-order valence-electron chi connectivity index (χ4n) is 1.55. The third-order valence-corrected chi connectivity index (χ3v) is 4.14. The van der Waals surface area contributed by atoms with Gasteiger partial charge in [-0.15, -0.1) is 0 Å². The third-order valence-electron chi connectivity index (χ3n) is 2.67. The lowest BCUT2D eigenvalue weighted by atomic mass is 10.2. The maximum absolute atomic E-state index is 10.6. The van der Waals surface area contributed by atoms with E-state index in [4.69, 9.17) is 15.4 Å². The number of rotatable bonds is 7. The van der Waals surface area contributed by atoms with Crippen molar-refractivity contribution in [3.05, 3.63) is 34.6 Å². The highest BCUT2D eigenvalue weighted by atomic mass is 79.9. The minimum Gasteiger partial charge on any atom is -0.480 e. The summed E-state index contributed by atoms with van der Waals surface area (Å²) in [6, 6.07) is 6.81. The number of nitrogens with zero attached hydrogens (tertiary/aromatic N) is 2. The van der Waals surface area contributed by atoms with Gasteiger partial charge in [0.1, 0.15) is 6.04 Å². The highest BCUT2D eigenvalue weighted by Crippen LogP contribution is 2.21. The molecule has 1 atom stereocenters. The minimum absolute atomic E-state index is 0.409. The van der Waals surface area contributed by atoms with Crippen LogP contribution in [0, 0.1) is 0 Å². The van der Waals surface area contributed by atoms with Crippen molar-refractivity contribution in [2.24, 2.45) is 5.73 Å². The lowest BCUT2D eigenvalue weighted by molar-refractivity contribution is -0.138. The van der Waals surface area contributed by atoms with E-state index in [9.17, 15) is 4.79 Å². The molecular weight excluding hydrogens is 358 g/mol. The van der Waals surface area contributed by atoms with E-state index in [1.54, 1.807) is 0 Å². The van der Waals surface area contributed by atoms with E-state index < -0.39 is 12.0 Å². The average molecular weight is 372 g/mol. The van der Waals surface area contributed by atoms with Gasteiger partial charge in [0, 0.05) is 10.0 Å². The van der Waals surface area contributed by atoms with Crippen molar-refractivity contribution in [3.63, 3.8) is 0 Å². The van der Waals surface area contributed by atoms with E-state index in [1.165, 1.54) is 11.8 Å². The Kier molecular flexibility index (Phi) is 5.77. The molecule has 0 aliphatic rings. The maximum Gasteiger partial charge on any atom is 0.320 e. The molecule has 21 heavy (non-hydrogen) atoms. The van der Waals surface area contributed by atoms with E-state index in [1.807, 2.05) is 24.3 Å². The van der Waals surface area contributed by atoms with Gasteiger partial charge in [0.05, 0.1) is 5.75 Å². The second-order valence-electron chi connectivity index (χ2n) is 4.31. The lowest BCUT2D eigenvalue weighted by Crippen LogP contribution is -2.30. The number of hydrogen-bond acceptors (Lipinski definition) is 6. The molecule has 0 aliphatic carbocycles. The summed E-state index contributed by atoms with van der Waals surface area (Å²) in [5.41, 5.74) is 6.29. The van der Waals surface area contributed by atoms with Gasteiger partial charge < -0.3 is 15.4 Å². The van der Waals surface area contributed by atoms with Crippen molar-refractivity contribution in [3.8, 4) is 11.4 Å². The number of aliphatic carboxylic acids is 1. The molecule has 2 aromatic rings. The first-order valence-corrected chi connectivity index (χ1v) is 8.15. The molecule has 1 heterocycles. The molecule has 0 fully saturated rings. The van der Waals surface area contributed by atoms with E-state index in [-0.39, 0.29) is 0 Å². The number of carboxylic acids is 1. The molecular formula is C13H14BrN3O3S. The second-order valence-corrected chi connectivity index (χ2v) is 6.33. The summed E-state index contributed by atoms with van der Waals surface area (Å²) in [4.78, 5) is 14.9. The quantitative estimate of drug-likeness (QED) is 0.720. The standard InChI is InChI=1S/C13H14BrN3O3S/c14-9-3-1-2-8(6-9)12-16-11(20-17-12)7-21-5-4-10(15)13(18)19/h1-3,6,10H,4-5,7,15H2,(H,18,19). The molecule has 1 aromatic heterocycles. The summed E-state index contributed by atoms with van der Waals surface area (Å²) in [6.45, 7) is 0. The Morgan fingerprint density at radius 3 is 3.05 bits per heavy atom. The first-order valence-electron chi connectivity index (χ1n) is 6.21. The predicted molar refractivity (Wildman–Crippen MR) is 83.8 cm³/mol. The molecule has 2 rings (SSSR count). The van der Waals surface area contributed by atoms with Gasteiger partial charge in [0.15, 0.2) is 0 Å². The smallest absolute Gasteiger partial charge is 0.320 e. The Balaban J connectivity index is 1.85. The Morgan fingerprint density at radius 2 is 2.33 bits per heavy atom. The first-order chi connectivity index (χ1) is 10.1. The van der Waals surface area contributed by atoms with Gasteiger partial charge in [-0.3, -0.25) is 4.79 Å². The molecule has 0 radical (unpaired) electrons. The first kappa shape index (κ1) is 16.0. The summed E-state index contributed by atoms with van der Waals surface area (Å²) in [7, 11) is 0. The third kappa shape index (κ3) is 4.83. The van der Waals surface area contributed by atoms with Crippen LogP contribution in [0.25, 0.3) is 11.4 Å². The van der Waals surface area contributed by atoms with E-state index >= 15 is 0 Å². The zero-order chi connectivity index (χ0) is 15.2. The van der Waals surface area contributed by atoms with Crippen molar-refractivity contribution < 1.29 is 14.4 Å². The predicted octanol–water partition coefficient (Wildman–Crippen LogP) is 2.53. The number of benzene rings is 1. The highest BCUT2D eigenvalue weighted by Gasteiger charge is 2.12. The van der Waals surface area contributed by atoms with Crippen molar-refractivity contribution >= 4 is 33.7 Å². The van der Waals surface area contributed by atoms with Crippen LogP contribution in [0.15, 0.2) is 33.3 Å². The molecule has 0 saturated heterocycles. The van der Waals surface area contributed by atoms with Crippen LogP contribution < -0.4 is 5.73 Å². The molecule has 0 bridgehead atoms. The number of carbonyl (C=O) groups is 1. The van der Waals surface area contributed by atoms with Crippen molar-refractivity contribution in [2.75, 3.05) is 5.75 Å². The molecule has 0 spiro atoms. The highest BCUT2D eigenvalue weighted by molar-refractivity contribution is 9.10. The maximum atomic E-state index is 10.6. The number of aromatic nitrogens is 2.